The first-order valence-electron chi connectivity index (χ1n) is 9.19. The van der Waals surface area contributed by atoms with Crippen LogP contribution < -0.4 is 0 Å². The number of hydrogen-bond acceptors (Lipinski definition) is 3. The van der Waals surface area contributed by atoms with Gasteiger partial charge in [0, 0.05) is 5.57 Å². The summed E-state index contributed by atoms with van der Waals surface area (Å²) in [6.07, 6.45) is 3.70. The monoisotopic (exact) mass is 352 g/mol. The summed E-state index contributed by atoms with van der Waals surface area (Å²) in [5.41, 5.74) is 6.08. The Morgan fingerprint density at radius 1 is 1.04 bits per heavy atom. The molecule has 0 heterocycles. The summed E-state index contributed by atoms with van der Waals surface area (Å²) in [4.78, 5) is 11.4. The molecule has 1 N–H and O–H groups in total. The quantitative estimate of drug-likeness (QED) is 0.399. The second-order valence-electron chi connectivity index (χ2n) is 6.61. The van der Waals surface area contributed by atoms with Crippen LogP contribution in [0.3, 0.4) is 0 Å². The van der Waals surface area contributed by atoms with Crippen molar-refractivity contribution in [2.75, 3.05) is 6.61 Å². The van der Waals surface area contributed by atoms with Gasteiger partial charge in [0.2, 0.25) is 0 Å². The van der Waals surface area contributed by atoms with E-state index in [0.29, 0.717) is 18.6 Å². The topological polar surface area (TPSA) is 46.5 Å². The average Bonchev–Trinajstić information content (AvgIpc) is 2.65. The van der Waals surface area contributed by atoms with Crippen molar-refractivity contribution >= 4 is 5.97 Å². The Morgan fingerprint density at radius 3 is 2.35 bits per heavy atom. The maximum atomic E-state index is 11.4. The number of aryl methyl sites for hydroxylation is 2. The molecule has 0 bridgehead atoms. The minimum atomic E-state index is -0.353. The van der Waals surface area contributed by atoms with E-state index in [1.54, 1.807) is 6.92 Å². The summed E-state index contributed by atoms with van der Waals surface area (Å²) < 4.78 is 5.15. The number of esters is 1. The van der Waals surface area contributed by atoms with Gasteiger partial charge in [0.1, 0.15) is 0 Å². The average molecular weight is 352 g/mol. The second kappa shape index (κ2) is 9.93. The third-order valence-corrected chi connectivity index (χ3v) is 4.37. The summed E-state index contributed by atoms with van der Waals surface area (Å²) in [6.45, 7) is 7.76. The van der Waals surface area contributed by atoms with Gasteiger partial charge in [0.05, 0.1) is 13.2 Å². The van der Waals surface area contributed by atoms with Crippen molar-refractivity contribution in [2.24, 2.45) is 0 Å². The van der Waals surface area contributed by atoms with Gasteiger partial charge >= 0.3 is 5.97 Å². The van der Waals surface area contributed by atoms with Crippen LogP contribution in [-0.4, -0.2) is 17.7 Å². The van der Waals surface area contributed by atoms with E-state index >= 15 is 0 Å². The molecule has 0 radical (unpaired) electrons. The molecule has 0 saturated heterocycles. The highest BCUT2D eigenvalue weighted by molar-refractivity contribution is 5.86. The summed E-state index contributed by atoms with van der Waals surface area (Å²) in [5, 5.41) is 9.60. The van der Waals surface area contributed by atoms with Gasteiger partial charge in [0.15, 0.2) is 0 Å². The minimum Gasteiger partial charge on any atom is -0.462 e. The van der Waals surface area contributed by atoms with Gasteiger partial charge < -0.3 is 9.84 Å². The molecule has 0 aliphatic rings. The molecule has 2 aromatic carbocycles. The summed E-state index contributed by atoms with van der Waals surface area (Å²) in [5.74, 6) is -0.353. The Labute approximate surface area is 156 Å². The number of benzene rings is 2. The maximum absolute atomic E-state index is 11.4. The Morgan fingerprint density at radius 2 is 1.73 bits per heavy atom. The molecule has 0 aliphatic carbocycles. The molecule has 2 rings (SSSR count). The molecule has 138 valence electrons. The first kappa shape index (κ1) is 19.9. The minimum absolute atomic E-state index is 0.0105. The summed E-state index contributed by atoms with van der Waals surface area (Å²) >= 11 is 0. The Bertz CT molecular complexity index is 745. The second-order valence-corrected chi connectivity index (χ2v) is 6.61. The van der Waals surface area contributed by atoms with Crippen molar-refractivity contribution in [3.63, 3.8) is 0 Å². The first-order valence-corrected chi connectivity index (χ1v) is 9.19. The molecule has 0 unspecified atom stereocenters. The zero-order valence-corrected chi connectivity index (χ0v) is 15.8. The molecule has 0 atom stereocenters. The summed E-state index contributed by atoms with van der Waals surface area (Å²) in [7, 11) is 0. The van der Waals surface area contributed by atoms with Crippen LogP contribution in [0.5, 0.6) is 0 Å². The highest BCUT2D eigenvalue weighted by Crippen LogP contribution is 2.24. The first-order chi connectivity index (χ1) is 12.5. The third kappa shape index (κ3) is 5.57. The molecule has 0 saturated carbocycles. The molecule has 3 heteroatoms. The van der Waals surface area contributed by atoms with E-state index < -0.39 is 0 Å². The molecule has 3 nitrogen and oxygen atoms in total. The molecule has 26 heavy (non-hydrogen) atoms. The van der Waals surface area contributed by atoms with Gasteiger partial charge in [-0.25, -0.2) is 4.79 Å². The van der Waals surface area contributed by atoms with E-state index in [9.17, 15) is 9.90 Å². The molecule has 0 fully saturated rings. The van der Waals surface area contributed by atoms with Gasteiger partial charge in [-0.05, 0) is 54.0 Å². The van der Waals surface area contributed by atoms with Crippen LogP contribution in [0.15, 0.2) is 54.6 Å². The van der Waals surface area contributed by atoms with E-state index in [1.807, 2.05) is 12.1 Å². The number of carbonyl (C=O) groups excluding carboxylic acids is 1. The van der Waals surface area contributed by atoms with E-state index in [0.717, 1.165) is 36.0 Å². The number of carbonyl (C=O) groups is 1. The van der Waals surface area contributed by atoms with E-state index in [-0.39, 0.29) is 12.6 Å². The lowest BCUT2D eigenvalue weighted by molar-refractivity contribution is -0.139. The number of ether oxygens (including phenoxy) is 1. The van der Waals surface area contributed by atoms with Crippen LogP contribution in [0, 0.1) is 0 Å². The van der Waals surface area contributed by atoms with Crippen molar-refractivity contribution in [1.82, 2.24) is 0 Å². The van der Waals surface area contributed by atoms with Crippen LogP contribution in [-0.2, 0) is 29.0 Å². The maximum Gasteiger partial charge on any atom is 0.333 e. The van der Waals surface area contributed by atoms with Crippen LogP contribution in [0.25, 0.3) is 11.1 Å². The lowest BCUT2D eigenvalue weighted by atomic mass is 9.96. The van der Waals surface area contributed by atoms with E-state index in [1.165, 1.54) is 11.1 Å². The number of aliphatic hydroxyl groups is 1. The molecule has 0 amide bonds. The molecular formula is C23H28O3. The third-order valence-electron chi connectivity index (χ3n) is 4.37. The zero-order valence-electron chi connectivity index (χ0n) is 15.8. The fraction of sp³-hybridized carbons (Fsp3) is 0.348. The van der Waals surface area contributed by atoms with Crippen molar-refractivity contribution in [1.29, 1.82) is 0 Å². The van der Waals surface area contributed by atoms with Crippen molar-refractivity contribution in [2.45, 2.75) is 46.1 Å². The molecule has 0 aliphatic heterocycles. The fourth-order valence-corrected chi connectivity index (χ4v) is 2.90. The molecule has 2 aromatic rings. The Hall–Kier alpha value is -2.39. The van der Waals surface area contributed by atoms with Gasteiger partial charge in [0.25, 0.3) is 0 Å². The van der Waals surface area contributed by atoms with Crippen molar-refractivity contribution in [3.8, 4) is 11.1 Å². The largest absolute Gasteiger partial charge is 0.462 e. The molecule has 0 spiro atoms. The predicted octanol–water partition coefficient (Wildman–Crippen LogP) is 4.85. The van der Waals surface area contributed by atoms with Crippen LogP contribution in [0.1, 0.15) is 43.4 Å². The molecular weight excluding hydrogens is 324 g/mol. The highest BCUT2D eigenvalue weighted by atomic mass is 16.5. The standard InChI is InChI=1S/C23H28O3/c1-4-6-18-8-10-19(11-9-18)21-12-13-22(16-24)20(15-21)7-5-14-26-23(25)17(2)3/h8-13,15,24H,2,4-7,14,16H2,1,3H3. The summed E-state index contributed by atoms with van der Waals surface area (Å²) in [6, 6.07) is 14.8. The SMILES string of the molecule is C=C(C)C(=O)OCCCc1cc(-c2ccc(CCC)cc2)ccc1CO. The van der Waals surface area contributed by atoms with Crippen LogP contribution in [0.2, 0.25) is 0 Å². The smallest absolute Gasteiger partial charge is 0.333 e. The van der Waals surface area contributed by atoms with E-state index in [4.69, 9.17) is 4.74 Å². The van der Waals surface area contributed by atoms with Crippen LogP contribution in [0.4, 0.5) is 0 Å². The normalized spacial score (nSPS) is 10.6. The molecule has 0 aromatic heterocycles. The van der Waals surface area contributed by atoms with Gasteiger partial charge in [-0.3, -0.25) is 0 Å². The van der Waals surface area contributed by atoms with E-state index in [2.05, 4.69) is 43.8 Å². The lowest BCUT2D eigenvalue weighted by Gasteiger charge is -2.11. The fourth-order valence-electron chi connectivity index (χ4n) is 2.90. The van der Waals surface area contributed by atoms with Gasteiger partial charge in [-0.2, -0.15) is 0 Å². The number of rotatable bonds is 9. The van der Waals surface area contributed by atoms with Gasteiger partial charge in [-0.15, -0.1) is 0 Å². The lowest BCUT2D eigenvalue weighted by Crippen LogP contribution is -2.07. The Balaban J connectivity index is 2.07. The van der Waals surface area contributed by atoms with Gasteiger partial charge in [-0.1, -0.05) is 62.4 Å². The highest BCUT2D eigenvalue weighted by Gasteiger charge is 2.07. The zero-order chi connectivity index (χ0) is 18.9. The van der Waals surface area contributed by atoms with Crippen molar-refractivity contribution < 1.29 is 14.6 Å². The predicted molar refractivity (Wildman–Crippen MR) is 106 cm³/mol. The van der Waals surface area contributed by atoms with Crippen molar-refractivity contribution in [3.05, 3.63) is 71.3 Å². The number of hydrogen-bond donors (Lipinski definition) is 1. The van der Waals surface area contributed by atoms with Crippen LogP contribution >= 0.6 is 0 Å². The number of aliphatic hydroxyl groups excluding tert-OH is 1. The Kier molecular flexibility index (Phi) is 7.61.